The second kappa shape index (κ2) is 16.0. The Morgan fingerprint density at radius 1 is 1.12 bits per heavy atom. The van der Waals surface area contributed by atoms with E-state index in [1.165, 1.54) is 0 Å². The van der Waals surface area contributed by atoms with E-state index < -0.39 is 53.7 Å². The fraction of sp³-hybridized carbons (Fsp3) is 0.641. The molecule has 1 spiro atoms. The van der Waals surface area contributed by atoms with Gasteiger partial charge in [-0.05, 0) is 50.5 Å². The number of hydrogen-bond donors (Lipinski definition) is 2. The molecule has 4 fully saturated rings. The molecule has 2 N–H and O–H groups in total. The predicted molar refractivity (Wildman–Crippen MR) is 186 cm³/mol. The largest absolute Gasteiger partial charge is 0.455 e. The Hall–Kier alpha value is -3.50. The zero-order chi connectivity index (χ0) is 35.3. The van der Waals surface area contributed by atoms with Crippen LogP contribution in [0.5, 0.6) is 0 Å². The number of rotatable bonds is 16. The van der Waals surface area contributed by atoms with E-state index in [9.17, 15) is 24.3 Å². The molecule has 5 rings (SSSR count). The summed E-state index contributed by atoms with van der Waals surface area (Å²) in [5.74, 6) is -3.28. The highest BCUT2D eigenvalue weighted by molar-refractivity contribution is 5.98. The topological polar surface area (TPSA) is 125 Å². The average Bonchev–Trinajstić information content (AvgIpc) is 3.76. The first-order chi connectivity index (χ1) is 23.6. The normalized spacial score (nSPS) is 28.7. The summed E-state index contributed by atoms with van der Waals surface area (Å²) in [6.45, 7) is 13.4. The van der Waals surface area contributed by atoms with Gasteiger partial charge in [0.25, 0.3) is 0 Å². The Morgan fingerprint density at radius 2 is 1.84 bits per heavy atom. The third kappa shape index (κ3) is 7.09. The van der Waals surface area contributed by atoms with Crippen LogP contribution in [0.25, 0.3) is 0 Å². The van der Waals surface area contributed by atoms with Crippen molar-refractivity contribution in [3.8, 4) is 0 Å². The highest BCUT2D eigenvalue weighted by Gasteiger charge is 2.76. The number of likely N-dealkylation sites (tertiary alicyclic amines) is 1. The van der Waals surface area contributed by atoms with E-state index in [4.69, 9.17) is 9.47 Å². The van der Waals surface area contributed by atoms with Crippen LogP contribution in [0.1, 0.15) is 96.6 Å². The van der Waals surface area contributed by atoms with Crippen molar-refractivity contribution in [2.24, 2.45) is 17.8 Å². The second-order valence-electron chi connectivity index (χ2n) is 14.5. The molecule has 3 aliphatic heterocycles. The SMILES string of the molecule is C=CCCC(=O)N[C@H](C)[C@@H](OC(=O)[C@@H]1[C@@H]2CC[C@]3(O2)[C@H](C(=O)N(CC=C)C2CCCCC2)N([C@@H](CO)[C@@H](C)CC)C(=O)[C@@H]13)c1ccccc1. The van der Waals surface area contributed by atoms with Crippen molar-refractivity contribution in [2.45, 2.75) is 127 Å². The summed E-state index contributed by atoms with van der Waals surface area (Å²) in [7, 11) is 0. The van der Waals surface area contributed by atoms with Gasteiger partial charge >= 0.3 is 5.97 Å². The molecule has 10 heteroatoms. The number of carbonyl (C=O) groups excluding carboxylic acids is 4. The van der Waals surface area contributed by atoms with E-state index in [2.05, 4.69) is 18.5 Å². The van der Waals surface area contributed by atoms with Gasteiger partial charge < -0.3 is 29.7 Å². The van der Waals surface area contributed by atoms with Gasteiger partial charge in [0, 0.05) is 19.0 Å². The Bertz CT molecular complexity index is 1360. The zero-order valence-corrected chi connectivity index (χ0v) is 29.4. The van der Waals surface area contributed by atoms with Crippen LogP contribution in [0.3, 0.4) is 0 Å². The smallest absolute Gasteiger partial charge is 0.313 e. The standard InChI is InChI=1S/C39H55N3O7/c1-6-9-20-31(44)40-26(5)34(27-16-12-10-13-17-27)48-38(47)32-30-21-22-39(49-30)33(32)36(45)42(29(24-43)25(4)8-3)35(39)37(46)41(23-7-2)28-18-14-11-15-19-28/h6-7,10,12-13,16-17,25-26,28-30,32-35,43H,1-2,8-9,11,14-15,18-24H2,3-5H3,(H,40,44)/t25-,26+,29-,30-,32+,33+,34+,35-,39+/m0/s1. The van der Waals surface area contributed by atoms with Crippen molar-refractivity contribution >= 4 is 23.7 Å². The van der Waals surface area contributed by atoms with Crippen LogP contribution in [-0.4, -0.2) is 87.6 Å². The number of hydrogen-bond acceptors (Lipinski definition) is 7. The Balaban J connectivity index is 1.50. The summed E-state index contributed by atoms with van der Waals surface area (Å²) in [5.41, 5.74) is -0.507. The van der Waals surface area contributed by atoms with Crippen LogP contribution < -0.4 is 5.32 Å². The quantitative estimate of drug-likeness (QED) is 0.189. The molecule has 9 atom stereocenters. The van der Waals surface area contributed by atoms with Crippen LogP contribution in [0, 0.1) is 17.8 Å². The Morgan fingerprint density at radius 3 is 2.47 bits per heavy atom. The number of benzene rings is 1. The van der Waals surface area contributed by atoms with Gasteiger partial charge in [-0.25, -0.2) is 0 Å². The number of aliphatic hydroxyl groups excluding tert-OH is 1. The number of fused-ring (bicyclic) bond motifs is 1. The number of esters is 1. The summed E-state index contributed by atoms with van der Waals surface area (Å²) < 4.78 is 13.0. The molecule has 1 aromatic rings. The number of ether oxygens (including phenoxy) is 2. The minimum absolute atomic E-state index is 0.0250. The van der Waals surface area contributed by atoms with E-state index in [1.807, 2.05) is 49.1 Å². The highest BCUT2D eigenvalue weighted by Crippen LogP contribution is 2.60. The van der Waals surface area contributed by atoms with Crippen LogP contribution in [-0.2, 0) is 28.7 Å². The van der Waals surface area contributed by atoms with Crippen LogP contribution in [0.4, 0.5) is 0 Å². The summed E-state index contributed by atoms with van der Waals surface area (Å²) >= 11 is 0. The maximum atomic E-state index is 14.9. The van der Waals surface area contributed by atoms with Crippen molar-refractivity contribution in [1.82, 2.24) is 15.1 Å². The Labute approximate surface area is 291 Å². The molecule has 4 aliphatic rings. The predicted octanol–water partition coefficient (Wildman–Crippen LogP) is 4.87. The lowest BCUT2D eigenvalue weighted by Crippen LogP contribution is -2.61. The fourth-order valence-electron chi connectivity index (χ4n) is 8.86. The maximum absolute atomic E-state index is 14.9. The van der Waals surface area contributed by atoms with Gasteiger partial charge in [-0.3, -0.25) is 19.2 Å². The second-order valence-corrected chi connectivity index (χ2v) is 14.5. The van der Waals surface area contributed by atoms with Crippen LogP contribution in [0.15, 0.2) is 55.6 Å². The van der Waals surface area contributed by atoms with Gasteiger partial charge in [0.15, 0.2) is 0 Å². The summed E-state index contributed by atoms with van der Waals surface area (Å²) in [4.78, 5) is 60.2. The lowest BCUT2D eigenvalue weighted by atomic mass is 9.70. The highest BCUT2D eigenvalue weighted by atomic mass is 16.6. The van der Waals surface area contributed by atoms with E-state index in [0.29, 0.717) is 37.8 Å². The number of aliphatic hydroxyl groups is 1. The molecule has 10 nitrogen and oxygen atoms in total. The molecule has 0 radical (unpaired) electrons. The first-order valence-corrected chi connectivity index (χ1v) is 18.3. The number of nitrogens with one attached hydrogen (secondary N) is 1. The van der Waals surface area contributed by atoms with Crippen LogP contribution >= 0.6 is 0 Å². The third-order valence-corrected chi connectivity index (χ3v) is 11.5. The molecule has 1 saturated carbocycles. The third-order valence-electron chi connectivity index (χ3n) is 11.5. The molecule has 3 amide bonds. The first kappa shape index (κ1) is 36.8. The summed E-state index contributed by atoms with van der Waals surface area (Å²) in [6.07, 6.45) is 9.38. The lowest BCUT2D eigenvalue weighted by molar-refractivity contribution is -0.163. The summed E-state index contributed by atoms with van der Waals surface area (Å²) in [5, 5.41) is 13.7. The molecule has 0 aromatic heterocycles. The molecule has 268 valence electrons. The van der Waals surface area contributed by atoms with E-state index in [1.54, 1.807) is 24.0 Å². The number of nitrogens with zero attached hydrogens (tertiary/aromatic N) is 2. The minimum Gasteiger partial charge on any atom is -0.455 e. The van der Waals surface area contributed by atoms with E-state index in [-0.39, 0.29) is 42.7 Å². The van der Waals surface area contributed by atoms with Crippen molar-refractivity contribution in [3.05, 3.63) is 61.2 Å². The van der Waals surface area contributed by atoms with Gasteiger partial charge in [-0.15, -0.1) is 13.2 Å². The monoisotopic (exact) mass is 677 g/mol. The van der Waals surface area contributed by atoms with Crippen LogP contribution in [0.2, 0.25) is 0 Å². The molecule has 0 unspecified atom stereocenters. The molecule has 1 aromatic carbocycles. The van der Waals surface area contributed by atoms with Crippen molar-refractivity contribution in [1.29, 1.82) is 0 Å². The molecule has 3 heterocycles. The molecule has 3 saturated heterocycles. The fourth-order valence-corrected chi connectivity index (χ4v) is 8.86. The lowest BCUT2D eigenvalue weighted by Gasteiger charge is -2.43. The van der Waals surface area contributed by atoms with Crippen molar-refractivity contribution < 1.29 is 33.8 Å². The number of allylic oxidation sites excluding steroid dienone is 1. The molecule has 2 bridgehead atoms. The van der Waals surface area contributed by atoms with E-state index in [0.717, 1.165) is 32.1 Å². The molecular weight excluding hydrogens is 622 g/mol. The molecule has 1 aliphatic carbocycles. The number of amides is 3. The van der Waals surface area contributed by atoms with Crippen molar-refractivity contribution in [2.75, 3.05) is 13.2 Å². The summed E-state index contributed by atoms with van der Waals surface area (Å²) in [6, 6.07) is 7.11. The van der Waals surface area contributed by atoms with Gasteiger partial charge in [0.05, 0.1) is 36.6 Å². The maximum Gasteiger partial charge on any atom is 0.313 e. The van der Waals surface area contributed by atoms with Crippen molar-refractivity contribution in [3.63, 3.8) is 0 Å². The van der Waals surface area contributed by atoms with Gasteiger partial charge in [-0.1, -0.05) is 82.0 Å². The Kier molecular flexibility index (Phi) is 12.0. The number of carbonyl (C=O) groups is 4. The molecular formula is C39H55N3O7. The minimum atomic E-state index is -1.22. The van der Waals surface area contributed by atoms with Gasteiger partial charge in [-0.2, -0.15) is 0 Å². The van der Waals surface area contributed by atoms with Gasteiger partial charge in [0.1, 0.15) is 17.7 Å². The molecule has 49 heavy (non-hydrogen) atoms. The van der Waals surface area contributed by atoms with Gasteiger partial charge in [0.2, 0.25) is 17.7 Å². The van der Waals surface area contributed by atoms with E-state index >= 15 is 0 Å². The first-order valence-electron chi connectivity index (χ1n) is 18.3. The zero-order valence-electron chi connectivity index (χ0n) is 29.4. The average molecular weight is 678 g/mol.